The number of fused-ring (bicyclic) bond motifs is 3. The van der Waals surface area contributed by atoms with E-state index in [0.29, 0.717) is 34.9 Å². The Morgan fingerprint density at radius 3 is 2.30 bits per heavy atom. The fraction of sp³-hybridized carbons (Fsp3) is 0.367. The van der Waals surface area contributed by atoms with Crippen LogP contribution in [0.15, 0.2) is 71.2 Å². The van der Waals surface area contributed by atoms with Crippen LogP contribution in [0.25, 0.3) is 0 Å². The van der Waals surface area contributed by atoms with Crippen molar-refractivity contribution in [3.8, 4) is 0 Å². The van der Waals surface area contributed by atoms with Gasteiger partial charge in [-0.3, -0.25) is 14.5 Å². The monoisotopic (exact) mass is 499 g/mol. The summed E-state index contributed by atoms with van der Waals surface area (Å²) < 4.78 is 5.23. The van der Waals surface area contributed by atoms with Crippen molar-refractivity contribution in [3.63, 3.8) is 0 Å². The molecule has 5 rings (SSSR count). The number of allylic oxidation sites excluding steroid dienone is 1. The lowest BCUT2D eigenvalue weighted by Crippen LogP contribution is -2.55. The standard InChI is InChI=1S/C30H33N3O4/c1-17(2)18-11-13-19(14-12-18)33-22-15-29(3,4)16-23(34)24(22)30(25(26(33)31)27(35)37-6)20-9-7-8-10-21(20)32(5)28(30)36/h7-14,17H,15-16,31H2,1-6H3. The largest absolute Gasteiger partial charge is 0.466 e. The molecule has 1 spiro atoms. The van der Waals surface area contributed by atoms with Gasteiger partial charge in [0.2, 0.25) is 5.91 Å². The quantitative estimate of drug-likeness (QED) is 0.624. The van der Waals surface area contributed by atoms with E-state index in [1.807, 2.05) is 56.3 Å². The number of anilines is 2. The van der Waals surface area contributed by atoms with Gasteiger partial charge >= 0.3 is 5.97 Å². The van der Waals surface area contributed by atoms with E-state index in [0.717, 1.165) is 11.3 Å². The first kappa shape index (κ1) is 24.8. The summed E-state index contributed by atoms with van der Waals surface area (Å²) in [6, 6.07) is 15.2. The van der Waals surface area contributed by atoms with E-state index in [9.17, 15) is 14.4 Å². The minimum Gasteiger partial charge on any atom is -0.466 e. The number of benzene rings is 2. The maximum atomic E-state index is 14.3. The highest BCUT2D eigenvalue weighted by atomic mass is 16.5. The summed E-state index contributed by atoms with van der Waals surface area (Å²) in [4.78, 5) is 45.2. The molecule has 0 fully saturated rings. The topological polar surface area (TPSA) is 92.9 Å². The number of ketones is 1. The van der Waals surface area contributed by atoms with E-state index in [-0.39, 0.29) is 34.9 Å². The summed E-state index contributed by atoms with van der Waals surface area (Å²) in [5, 5.41) is 0. The zero-order chi connectivity index (χ0) is 26.9. The maximum absolute atomic E-state index is 14.3. The van der Waals surface area contributed by atoms with Crippen LogP contribution in [0.4, 0.5) is 11.4 Å². The van der Waals surface area contributed by atoms with Gasteiger partial charge in [-0.25, -0.2) is 4.79 Å². The number of likely N-dealkylation sites (N-methyl/N-ethyl adjacent to an activating group) is 1. The fourth-order valence-electron chi connectivity index (χ4n) is 6.18. The molecule has 0 saturated carbocycles. The van der Waals surface area contributed by atoms with E-state index in [4.69, 9.17) is 10.5 Å². The van der Waals surface area contributed by atoms with Gasteiger partial charge in [0, 0.05) is 41.7 Å². The van der Waals surface area contributed by atoms with Gasteiger partial charge in [0.15, 0.2) is 5.78 Å². The molecule has 7 nitrogen and oxygen atoms in total. The molecule has 2 heterocycles. The maximum Gasteiger partial charge on any atom is 0.339 e. The highest BCUT2D eigenvalue weighted by Crippen LogP contribution is 2.58. The molecule has 1 atom stereocenters. The first-order valence-corrected chi connectivity index (χ1v) is 12.6. The Morgan fingerprint density at radius 2 is 1.68 bits per heavy atom. The summed E-state index contributed by atoms with van der Waals surface area (Å²) in [5.41, 5.74) is 8.90. The highest BCUT2D eigenvalue weighted by Gasteiger charge is 2.64. The average molecular weight is 500 g/mol. The summed E-state index contributed by atoms with van der Waals surface area (Å²) in [5.74, 6) is -0.837. The number of hydrogen-bond acceptors (Lipinski definition) is 6. The van der Waals surface area contributed by atoms with Gasteiger partial charge in [0.25, 0.3) is 0 Å². The van der Waals surface area contributed by atoms with E-state index < -0.39 is 11.4 Å². The van der Waals surface area contributed by atoms with E-state index in [1.54, 1.807) is 18.0 Å². The molecule has 37 heavy (non-hydrogen) atoms. The lowest BCUT2D eigenvalue weighted by atomic mass is 9.60. The number of carbonyl (C=O) groups excluding carboxylic acids is 3. The Morgan fingerprint density at radius 1 is 1.03 bits per heavy atom. The van der Waals surface area contributed by atoms with Crippen molar-refractivity contribution in [1.82, 2.24) is 0 Å². The van der Waals surface area contributed by atoms with Crippen molar-refractivity contribution in [2.45, 2.75) is 51.9 Å². The SMILES string of the molecule is COC(=O)C1=C(N)N(c2ccc(C(C)C)cc2)C2=C(C(=O)CC(C)(C)C2)C12C(=O)N(C)c1ccccc12. The van der Waals surface area contributed by atoms with Crippen LogP contribution in [0, 0.1) is 5.41 Å². The number of esters is 1. The van der Waals surface area contributed by atoms with E-state index in [2.05, 4.69) is 13.8 Å². The summed E-state index contributed by atoms with van der Waals surface area (Å²) in [6.07, 6.45) is 0.761. The van der Waals surface area contributed by atoms with Gasteiger partial charge in [-0.1, -0.05) is 58.0 Å². The number of Topliss-reactive ketones (excluding diaryl/α,β-unsaturated/α-hetero) is 1. The predicted molar refractivity (Wildman–Crippen MR) is 143 cm³/mol. The summed E-state index contributed by atoms with van der Waals surface area (Å²) in [7, 11) is 2.93. The van der Waals surface area contributed by atoms with Crippen LogP contribution in [0.3, 0.4) is 0 Å². The predicted octanol–water partition coefficient (Wildman–Crippen LogP) is 4.53. The third-order valence-electron chi connectivity index (χ3n) is 7.87. The number of amides is 1. The Labute approximate surface area is 217 Å². The highest BCUT2D eigenvalue weighted by molar-refractivity contribution is 6.24. The molecule has 2 aliphatic heterocycles. The first-order valence-electron chi connectivity index (χ1n) is 12.6. The third kappa shape index (κ3) is 3.36. The second kappa shape index (κ2) is 8.33. The molecule has 0 bridgehead atoms. The number of nitrogens with zero attached hydrogens (tertiary/aromatic N) is 2. The number of nitrogens with two attached hydrogens (primary N) is 1. The van der Waals surface area contributed by atoms with Crippen LogP contribution in [0.2, 0.25) is 0 Å². The summed E-state index contributed by atoms with van der Waals surface area (Å²) in [6.45, 7) is 8.30. The molecule has 2 aromatic rings. The molecule has 3 aliphatic rings. The normalized spacial score (nSPS) is 22.7. The number of rotatable bonds is 3. The molecule has 2 aromatic carbocycles. The molecule has 0 aromatic heterocycles. The zero-order valence-corrected chi connectivity index (χ0v) is 22.2. The Bertz CT molecular complexity index is 1400. The van der Waals surface area contributed by atoms with Crippen LogP contribution in [0.5, 0.6) is 0 Å². The average Bonchev–Trinajstić information content (AvgIpc) is 3.06. The molecular weight excluding hydrogens is 466 g/mol. The van der Waals surface area contributed by atoms with Crippen molar-refractivity contribution >= 4 is 29.0 Å². The Hall–Kier alpha value is -3.87. The number of carbonyl (C=O) groups is 3. The molecule has 0 radical (unpaired) electrons. The number of ether oxygens (including phenoxy) is 1. The van der Waals surface area contributed by atoms with Crippen molar-refractivity contribution in [1.29, 1.82) is 0 Å². The molecule has 7 heteroatoms. The van der Waals surface area contributed by atoms with Gasteiger partial charge in [-0.15, -0.1) is 0 Å². The van der Waals surface area contributed by atoms with Gasteiger partial charge in [0.1, 0.15) is 16.8 Å². The second-order valence-corrected chi connectivity index (χ2v) is 11.2. The summed E-state index contributed by atoms with van der Waals surface area (Å²) >= 11 is 0. The van der Waals surface area contributed by atoms with Crippen molar-refractivity contribution < 1.29 is 19.1 Å². The first-order chi connectivity index (χ1) is 17.5. The van der Waals surface area contributed by atoms with Crippen LogP contribution in [-0.4, -0.2) is 31.8 Å². The smallest absolute Gasteiger partial charge is 0.339 e. The van der Waals surface area contributed by atoms with Gasteiger partial charge < -0.3 is 15.4 Å². The van der Waals surface area contributed by atoms with Crippen LogP contribution >= 0.6 is 0 Å². The van der Waals surface area contributed by atoms with Gasteiger partial charge in [0.05, 0.1) is 7.11 Å². The minimum atomic E-state index is -1.67. The fourth-order valence-corrected chi connectivity index (χ4v) is 6.18. The zero-order valence-electron chi connectivity index (χ0n) is 22.2. The molecule has 1 amide bonds. The van der Waals surface area contributed by atoms with Crippen molar-refractivity contribution in [2.75, 3.05) is 24.0 Å². The van der Waals surface area contributed by atoms with Gasteiger partial charge in [-0.05, 0) is 41.5 Å². The van der Waals surface area contributed by atoms with Crippen LogP contribution in [-0.2, 0) is 24.5 Å². The van der Waals surface area contributed by atoms with Crippen LogP contribution in [0.1, 0.15) is 57.6 Å². The molecule has 0 saturated heterocycles. The molecule has 192 valence electrons. The minimum absolute atomic E-state index is 0.0171. The number of hydrogen-bond donors (Lipinski definition) is 1. The van der Waals surface area contributed by atoms with Crippen LogP contribution < -0.4 is 15.5 Å². The lowest BCUT2D eigenvalue weighted by Gasteiger charge is -2.47. The molecular formula is C30H33N3O4. The molecule has 2 N–H and O–H groups in total. The number of methoxy groups -OCH3 is 1. The Kier molecular flexibility index (Phi) is 5.59. The lowest BCUT2D eigenvalue weighted by molar-refractivity contribution is -0.138. The van der Waals surface area contributed by atoms with E-state index in [1.165, 1.54) is 12.0 Å². The number of para-hydroxylation sites is 1. The van der Waals surface area contributed by atoms with Crippen molar-refractivity contribution in [2.24, 2.45) is 11.1 Å². The third-order valence-corrected chi connectivity index (χ3v) is 7.87. The molecule has 1 aliphatic carbocycles. The van der Waals surface area contributed by atoms with Crippen molar-refractivity contribution in [3.05, 3.63) is 82.3 Å². The van der Waals surface area contributed by atoms with E-state index >= 15 is 0 Å². The van der Waals surface area contributed by atoms with Gasteiger partial charge in [-0.2, -0.15) is 0 Å². The Balaban J connectivity index is 1.90. The second-order valence-electron chi connectivity index (χ2n) is 11.2. The molecule has 1 unspecified atom stereocenters.